The second-order valence-corrected chi connectivity index (χ2v) is 3.96. The highest BCUT2D eigenvalue weighted by atomic mass is 16.4. The lowest BCUT2D eigenvalue weighted by Crippen LogP contribution is -2.33. The first kappa shape index (κ1) is 10.5. The minimum atomic E-state index is -0.739. The van der Waals surface area contributed by atoms with Crippen LogP contribution in [0, 0.1) is 11.8 Å². The second-order valence-electron chi connectivity index (χ2n) is 3.96. The van der Waals surface area contributed by atoms with Gasteiger partial charge in [-0.15, -0.1) is 0 Å². The SMILES string of the molecule is CCCC1CCC(O)CC1C(=O)O. The van der Waals surface area contributed by atoms with Crippen molar-refractivity contribution in [1.82, 2.24) is 0 Å². The molecule has 13 heavy (non-hydrogen) atoms. The maximum Gasteiger partial charge on any atom is 0.306 e. The maximum absolute atomic E-state index is 10.9. The number of carbonyl (C=O) groups is 1. The van der Waals surface area contributed by atoms with Gasteiger partial charge in [-0.2, -0.15) is 0 Å². The lowest BCUT2D eigenvalue weighted by atomic mass is 9.76. The molecule has 1 aliphatic rings. The van der Waals surface area contributed by atoms with Crippen molar-refractivity contribution in [3.63, 3.8) is 0 Å². The van der Waals surface area contributed by atoms with Crippen LogP contribution in [0.1, 0.15) is 39.0 Å². The molecule has 0 saturated heterocycles. The highest BCUT2D eigenvalue weighted by Gasteiger charge is 2.33. The Morgan fingerprint density at radius 3 is 2.69 bits per heavy atom. The van der Waals surface area contributed by atoms with Crippen molar-refractivity contribution in [1.29, 1.82) is 0 Å². The quantitative estimate of drug-likeness (QED) is 0.704. The molecular weight excluding hydrogens is 168 g/mol. The Bertz CT molecular complexity index is 179. The van der Waals surface area contributed by atoms with Crippen LogP contribution in [0.5, 0.6) is 0 Å². The van der Waals surface area contributed by atoms with Gasteiger partial charge in [0, 0.05) is 0 Å². The van der Waals surface area contributed by atoms with E-state index in [1.54, 1.807) is 0 Å². The van der Waals surface area contributed by atoms with E-state index in [9.17, 15) is 9.90 Å². The van der Waals surface area contributed by atoms with Crippen LogP contribution in [0.3, 0.4) is 0 Å². The Kier molecular flexibility index (Phi) is 3.72. The molecule has 1 rings (SSSR count). The average Bonchev–Trinajstić information content (AvgIpc) is 2.08. The molecule has 1 aliphatic carbocycles. The Balaban J connectivity index is 2.55. The highest BCUT2D eigenvalue weighted by molar-refractivity contribution is 5.70. The van der Waals surface area contributed by atoms with Gasteiger partial charge in [-0.05, 0) is 31.6 Å². The molecule has 0 amide bonds. The molecule has 0 spiro atoms. The predicted molar refractivity (Wildman–Crippen MR) is 49.4 cm³/mol. The third-order valence-corrected chi connectivity index (χ3v) is 2.94. The van der Waals surface area contributed by atoms with Crippen LogP contribution in [0.15, 0.2) is 0 Å². The zero-order valence-electron chi connectivity index (χ0n) is 8.07. The molecule has 0 aromatic carbocycles. The molecule has 3 atom stereocenters. The molecule has 1 saturated carbocycles. The third kappa shape index (κ3) is 2.69. The molecule has 0 radical (unpaired) electrons. The van der Waals surface area contributed by atoms with Crippen molar-refractivity contribution in [3.8, 4) is 0 Å². The molecule has 0 aliphatic heterocycles. The molecule has 0 bridgehead atoms. The molecule has 0 aromatic heterocycles. The highest BCUT2D eigenvalue weighted by Crippen LogP contribution is 2.33. The molecule has 2 N–H and O–H groups in total. The topological polar surface area (TPSA) is 57.5 Å². The Morgan fingerprint density at radius 2 is 2.15 bits per heavy atom. The summed E-state index contributed by atoms with van der Waals surface area (Å²) in [6.45, 7) is 2.07. The number of carboxylic acid groups (broad SMARTS) is 1. The molecule has 1 fully saturated rings. The molecule has 0 heterocycles. The maximum atomic E-state index is 10.9. The summed E-state index contributed by atoms with van der Waals surface area (Å²) in [7, 11) is 0. The van der Waals surface area contributed by atoms with Crippen LogP contribution >= 0.6 is 0 Å². The van der Waals surface area contributed by atoms with E-state index in [0.717, 1.165) is 25.7 Å². The van der Waals surface area contributed by atoms with Crippen LogP contribution in [-0.2, 0) is 4.79 Å². The molecule has 3 unspecified atom stereocenters. The Hall–Kier alpha value is -0.570. The number of carboxylic acids is 1. The monoisotopic (exact) mass is 186 g/mol. The van der Waals surface area contributed by atoms with Gasteiger partial charge >= 0.3 is 5.97 Å². The van der Waals surface area contributed by atoms with E-state index in [-0.39, 0.29) is 11.8 Å². The first-order valence-corrected chi connectivity index (χ1v) is 5.06. The number of hydrogen-bond acceptors (Lipinski definition) is 2. The number of aliphatic carboxylic acids is 1. The van der Waals surface area contributed by atoms with Gasteiger partial charge in [0.1, 0.15) is 0 Å². The van der Waals surface area contributed by atoms with E-state index >= 15 is 0 Å². The largest absolute Gasteiger partial charge is 0.481 e. The molecule has 0 aromatic rings. The summed E-state index contributed by atoms with van der Waals surface area (Å²) < 4.78 is 0. The predicted octanol–water partition coefficient (Wildman–Crippen LogP) is 1.65. The first-order chi connectivity index (χ1) is 6.15. The van der Waals surface area contributed by atoms with Gasteiger partial charge in [-0.3, -0.25) is 4.79 Å². The zero-order valence-corrected chi connectivity index (χ0v) is 8.07. The van der Waals surface area contributed by atoms with Crippen LogP contribution in [0.2, 0.25) is 0 Å². The molecule has 3 nitrogen and oxygen atoms in total. The number of rotatable bonds is 3. The summed E-state index contributed by atoms with van der Waals surface area (Å²) in [6.07, 6.45) is 3.70. The summed E-state index contributed by atoms with van der Waals surface area (Å²) >= 11 is 0. The molecular formula is C10H18O3. The van der Waals surface area contributed by atoms with Gasteiger partial charge in [0.25, 0.3) is 0 Å². The fraction of sp³-hybridized carbons (Fsp3) is 0.900. The van der Waals surface area contributed by atoms with Crippen molar-refractivity contribution in [2.24, 2.45) is 11.8 Å². The van der Waals surface area contributed by atoms with E-state index in [1.165, 1.54) is 0 Å². The smallest absolute Gasteiger partial charge is 0.306 e. The van der Waals surface area contributed by atoms with Gasteiger partial charge in [0.05, 0.1) is 12.0 Å². The fourth-order valence-electron chi connectivity index (χ4n) is 2.23. The summed E-state index contributed by atoms with van der Waals surface area (Å²) in [5.74, 6) is -0.771. The average molecular weight is 186 g/mol. The molecule has 3 heteroatoms. The van der Waals surface area contributed by atoms with Crippen LogP contribution < -0.4 is 0 Å². The van der Waals surface area contributed by atoms with Crippen molar-refractivity contribution >= 4 is 5.97 Å². The number of aliphatic hydroxyl groups excluding tert-OH is 1. The van der Waals surface area contributed by atoms with E-state index in [1.807, 2.05) is 0 Å². The summed E-state index contributed by atoms with van der Waals surface area (Å²) in [5.41, 5.74) is 0. The van der Waals surface area contributed by atoms with E-state index < -0.39 is 12.1 Å². The second kappa shape index (κ2) is 4.61. The van der Waals surface area contributed by atoms with Crippen molar-refractivity contribution in [2.45, 2.75) is 45.1 Å². The number of aliphatic hydroxyl groups is 1. The van der Waals surface area contributed by atoms with Gasteiger partial charge in [-0.1, -0.05) is 13.3 Å². The lowest BCUT2D eigenvalue weighted by Gasteiger charge is -2.31. The normalized spacial score (nSPS) is 34.5. The van der Waals surface area contributed by atoms with E-state index in [4.69, 9.17) is 5.11 Å². The van der Waals surface area contributed by atoms with Crippen molar-refractivity contribution in [3.05, 3.63) is 0 Å². The Labute approximate surface area is 78.8 Å². The molecule has 76 valence electrons. The van der Waals surface area contributed by atoms with Crippen LogP contribution in [-0.4, -0.2) is 22.3 Å². The third-order valence-electron chi connectivity index (χ3n) is 2.94. The minimum Gasteiger partial charge on any atom is -0.481 e. The zero-order chi connectivity index (χ0) is 9.84. The lowest BCUT2D eigenvalue weighted by molar-refractivity contribution is -0.146. The van der Waals surface area contributed by atoms with Gasteiger partial charge < -0.3 is 10.2 Å². The van der Waals surface area contributed by atoms with Gasteiger partial charge in [-0.25, -0.2) is 0 Å². The van der Waals surface area contributed by atoms with Crippen molar-refractivity contribution in [2.75, 3.05) is 0 Å². The summed E-state index contributed by atoms with van der Waals surface area (Å²) in [5, 5.41) is 18.3. The van der Waals surface area contributed by atoms with E-state index in [0.29, 0.717) is 6.42 Å². The fourth-order valence-corrected chi connectivity index (χ4v) is 2.23. The van der Waals surface area contributed by atoms with Crippen molar-refractivity contribution < 1.29 is 15.0 Å². The van der Waals surface area contributed by atoms with Gasteiger partial charge in [0.2, 0.25) is 0 Å². The summed E-state index contributed by atoms with van der Waals surface area (Å²) in [4.78, 5) is 10.9. The summed E-state index contributed by atoms with van der Waals surface area (Å²) in [6, 6.07) is 0. The standard InChI is InChI=1S/C10H18O3/c1-2-3-7-4-5-8(11)6-9(7)10(12)13/h7-9,11H,2-6H2,1H3,(H,12,13). The minimum absolute atomic E-state index is 0.283. The number of hydrogen-bond donors (Lipinski definition) is 2. The van der Waals surface area contributed by atoms with Crippen LogP contribution in [0.4, 0.5) is 0 Å². The first-order valence-electron chi connectivity index (χ1n) is 5.06. The Morgan fingerprint density at radius 1 is 1.46 bits per heavy atom. The van der Waals surface area contributed by atoms with Crippen LogP contribution in [0.25, 0.3) is 0 Å². The van der Waals surface area contributed by atoms with Gasteiger partial charge in [0.15, 0.2) is 0 Å². The van der Waals surface area contributed by atoms with E-state index in [2.05, 4.69) is 6.92 Å².